The lowest BCUT2D eigenvalue weighted by Gasteiger charge is -2.21. The maximum atomic E-state index is 12.4. The lowest BCUT2D eigenvalue weighted by atomic mass is 9.95. The summed E-state index contributed by atoms with van der Waals surface area (Å²) in [6.45, 7) is 15.7. The van der Waals surface area contributed by atoms with E-state index in [4.69, 9.17) is 0 Å². The first-order valence-corrected chi connectivity index (χ1v) is 9.78. The third-order valence-corrected chi connectivity index (χ3v) is 5.08. The average Bonchev–Trinajstić information content (AvgIpc) is 3.13. The van der Waals surface area contributed by atoms with Gasteiger partial charge in [0.15, 0.2) is 5.13 Å². The molecule has 0 unspecified atom stereocenters. The standard InChI is InChI=1S/C20H28N4O2S/c1-8-9-24-12(2)10-15(14(24)4)16-11-27-19(22-16)23-17(25)13(3)21-18(26)20(5,6)7/h8,10-11,13H,1,9H2,2-7H3,(H,21,26)(H,22,23,25)/t13-/m0/s1. The minimum atomic E-state index is -0.637. The molecule has 146 valence electrons. The first-order chi connectivity index (χ1) is 12.5. The zero-order chi connectivity index (χ0) is 20.4. The summed E-state index contributed by atoms with van der Waals surface area (Å²) in [5, 5.41) is 7.95. The van der Waals surface area contributed by atoms with Crippen molar-refractivity contribution in [2.75, 3.05) is 5.32 Å². The SMILES string of the molecule is C=CCn1c(C)cc(-c2csc(NC(=O)[C@H](C)NC(=O)C(C)(C)C)n2)c1C. The Morgan fingerprint density at radius 3 is 2.63 bits per heavy atom. The van der Waals surface area contributed by atoms with Crippen LogP contribution in [0.2, 0.25) is 0 Å². The van der Waals surface area contributed by atoms with Crippen LogP contribution in [0, 0.1) is 19.3 Å². The van der Waals surface area contributed by atoms with Gasteiger partial charge in [0.2, 0.25) is 11.8 Å². The molecule has 7 heteroatoms. The first kappa shape index (κ1) is 20.9. The van der Waals surface area contributed by atoms with Crippen molar-refractivity contribution < 1.29 is 9.59 Å². The van der Waals surface area contributed by atoms with Gasteiger partial charge >= 0.3 is 0 Å². The van der Waals surface area contributed by atoms with Gasteiger partial charge in [-0.3, -0.25) is 9.59 Å². The predicted octanol–water partition coefficient (Wildman–Crippen LogP) is 3.90. The number of aromatic nitrogens is 2. The van der Waals surface area contributed by atoms with Gasteiger partial charge in [-0.1, -0.05) is 26.8 Å². The Morgan fingerprint density at radius 1 is 1.37 bits per heavy atom. The maximum absolute atomic E-state index is 12.4. The Bertz CT molecular complexity index is 858. The third kappa shape index (κ3) is 4.86. The van der Waals surface area contributed by atoms with E-state index in [1.807, 2.05) is 39.2 Å². The molecule has 0 saturated carbocycles. The van der Waals surface area contributed by atoms with Crippen LogP contribution >= 0.6 is 11.3 Å². The van der Waals surface area contributed by atoms with Crippen LogP contribution in [0.25, 0.3) is 11.3 Å². The molecule has 2 aromatic rings. The lowest BCUT2D eigenvalue weighted by molar-refractivity contribution is -0.131. The fourth-order valence-electron chi connectivity index (χ4n) is 2.62. The Morgan fingerprint density at radius 2 is 2.04 bits per heavy atom. The summed E-state index contributed by atoms with van der Waals surface area (Å²) in [7, 11) is 0. The van der Waals surface area contributed by atoms with Gasteiger partial charge in [-0.05, 0) is 26.8 Å². The molecule has 0 aliphatic rings. The van der Waals surface area contributed by atoms with Gasteiger partial charge in [0, 0.05) is 34.3 Å². The second kappa shape index (κ2) is 8.08. The highest BCUT2D eigenvalue weighted by Crippen LogP contribution is 2.30. The fourth-order valence-corrected chi connectivity index (χ4v) is 3.33. The third-order valence-electron chi connectivity index (χ3n) is 4.32. The van der Waals surface area contributed by atoms with Crippen LogP contribution < -0.4 is 10.6 Å². The Balaban J connectivity index is 2.10. The smallest absolute Gasteiger partial charge is 0.248 e. The summed E-state index contributed by atoms with van der Waals surface area (Å²) in [6, 6.07) is 1.45. The number of hydrogen-bond donors (Lipinski definition) is 2. The predicted molar refractivity (Wildman–Crippen MR) is 111 cm³/mol. The summed E-state index contributed by atoms with van der Waals surface area (Å²) >= 11 is 1.37. The van der Waals surface area contributed by atoms with Crippen molar-refractivity contribution in [3.8, 4) is 11.3 Å². The van der Waals surface area contributed by atoms with Gasteiger partial charge < -0.3 is 15.2 Å². The van der Waals surface area contributed by atoms with E-state index < -0.39 is 11.5 Å². The topological polar surface area (TPSA) is 76.0 Å². The molecule has 6 nitrogen and oxygen atoms in total. The minimum absolute atomic E-state index is 0.167. The molecule has 0 fully saturated rings. The van der Waals surface area contributed by atoms with Crippen LogP contribution in [0.4, 0.5) is 5.13 Å². The molecule has 2 N–H and O–H groups in total. The molecule has 2 rings (SSSR count). The van der Waals surface area contributed by atoms with Crippen molar-refractivity contribution in [3.63, 3.8) is 0 Å². The molecule has 2 amide bonds. The van der Waals surface area contributed by atoms with Crippen LogP contribution in [-0.4, -0.2) is 27.4 Å². The minimum Gasteiger partial charge on any atom is -0.345 e. The van der Waals surface area contributed by atoms with Gasteiger partial charge in [0.1, 0.15) is 6.04 Å². The van der Waals surface area contributed by atoms with Crippen molar-refractivity contribution in [1.29, 1.82) is 0 Å². The molecule has 0 aliphatic carbocycles. The highest BCUT2D eigenvalue weighted by Gasteiger charge is 2.25. The molecular weight excluding hydrogens is 360 g/mol. The fraction of sp³-hybridized carbons (Fsp3) is 0.450. The molecule has 2 heterocycles. The molecule has 1 atom stereocenters. The van der Waals surface area contributed by atoms with Gasteiger partial charge in [-0.2, -0.15) is 0 Å². The summed E-state index contributed by atoms with van der Waals surface area (Å²) in [5.41, 5.74) is 3.57. The number of allylic oxidation sites excluding steroid dienone is 1. The van der Waals surface area contributed by atoms with E-state index in [9.17, 15) is 9.59 Å². The van der Waals surface area contributed by atoms with Crippen molar-refractivity contribution >= 4 is 28.3 Å². The van der Waals surface area contributed by atoms with E-state index >= 15 is 0 Å². The average molecular weight is 389 g/mol. The number of nitrogens with one attached hydrogen (secondary N) is 2. The second-order valence-electron chi connectivity index (χ2n) is 7.66. The Hall–Kier alpha value is -2.41. The summed E-state index contributed by atoms with van der Waals surface area (Å²) in [5.74, 6) is -0.453. The van der Waals surface area contributed by atoms with Gasteiger partial charge in [-0.25, -0.2) is 4.98 Å². The highest BCUT2D eigenvalue weighted by atomic mass is 32.1. The van der Waals surface area contributed by atoms with E-state index in [0.717, 1.165) is 29.2 Å². The van der Waals surface area contributed by atoms with E-state index in [1.165, 1.54) is 11.3 Å². The van der Waals surface area contributed by atoms with Crippen molar-refractivity contribution in [2.45, 2.75) is 54.1 Å². The van der Waals surface area contributed by atoms with Crippen molar-refractivity contribution in [1.82, 2.24) is 14.9 Å². The zero-order valence-electron chi connectivity index (χ0n) is 16.8. The number of amides is 2. The Kier molecular flexibility index (Phi) is 6.26. The monoisotopic (exact) mass is 388 g/mol. The molecule has 27 heavy (non-hydrogen) atoms. The highest BCUT2D eigenvalue weighted by molar-refractivity contribution is 7.14. The molecule has 0 spiro atoms. The molecule has 0 radical (unpaired) electrons. The molecule has 0 aromatic carbocycles. The second-order valence-corrected chi connectivity index (χ2v) is 8.51. The van der Waals surface area contributed by atoms with E-state index in [2.05, 4.69) is 39.8 Å². The van der Waals surface area contributed by atoms with Gasteiger partial charge in [-0.15, -0.1) is 17.9 Å². The number of nitrogens with zero attached hydrogens (tertiary/aromatic N) is 2. The number of anilines is 1. The van der Waals surface area contributed by atoms with Gasteiger partial charge in [0.05, 0.1) is 5.69 Å². The van der Waals surface area contributed by atoms with Crippen LogP contribution in [0.15, 0.2) is 24.1 Å². The number of aryl methyl sites for hydroxylation is 1. The largest absolute Gasteiger partial charge is 0.345 e. The number of rotatable bonds is 6. The summed E-state index contributed by atoms with van der Waals surface area (Å²) in [4.78, 5) is 28.9. The zero-order valence-corrected chi connectivity index (χ0v) is 17.7. The van der Waals surface area contributed by atoms with Crippen molar-refractivity contribution in [2.24, 2.45) is 5.41 Å². The summed E-state index contributed by atoms with van der Waals surface area (Å²) < 4.78 is 2.17. The van der Waals surface area contributed by atoms with Gasteiger partial charge in [0.25, 0.3) is 0 Å². The molecule has 0 bridgehead atoms. The van der Waals surface area contributed by atoms with Crippen LogP contribution in [0.5, 0.6) is 0 Å². The van der Waals surface area contributed by atoms with Crippen LogP contribution in [0.1, 0.15) is 39.1 Å². The van der Waals surface area contributed by atoms with Crippen LogP contribution in [0.3, 0.4) is 0 Å². The van der Waals surface area contributed by atoms with Crippen molar-refractivity contribution in [3.05, 3.63) is 35.5 Å². The molecular formula is C20H28N4O2S. The molecule has 2 aromatic heterocycles. The number of hydrogen-bond acceptors (Lipinski definition) is 4. The quantitative estimate of drug-likeness (QED) is 0.737. The molecule has 0 saturated heterocycles. The first-order valence-electron chi connectivity index (χ1n) is 8.90. The number of thiazole rings is 1. The van der Waals surface area contributed by atoms with E-state index in [0.29, 0.717) is 5.13 Å². The number of carbonyl (C=O) groups is 2. The summed E-state index contributed by atoms with van der Waals surface area (Å²) in [6.07, 6.45) is 1.86. The lowest BCUT2D eigenvalue weighted by Crippen LogP contribution is -2.46. The number of carbonyl (C=O) groups excluding carboxylic acids is 2. The van der Waals surface area contributed by atoms with E-state index in [1.54, 1.807) is 6.92 Å². The maximum Gasteiger partial charge on any atom is 0.248 e. The normalized spacial score (nSPS) is 12.5. The molecule has 0 aliphatic heterocycles. The Labute approximate surface area is 164 Å². The van der Waals surface area contributed by atoms with Crippen LogP contribution in [-0.2, 0) is 16.1 Å². The van der Waals surface area contributed by atoms with E-state index in [-0.39, 0.29) is 11.8 Å².